The quantitative estimate of drug-likeness (QED) is 0.0325. The van der Waals surface area contributed by atoms with Crippen LogP contribution in [0.2, 0.25) is 0 Å². The minimum atomic E-state index is -0.891. The highest BCUT2D eigenvalue weighted by Gasteiger charge is 2.31. The fourth-order valence-corrected chi connectivity index (χ4v) is 4.92. The van der Waals surface area contributed by atoms with Crippen LogP contribution in [0.4, 0.5) is 0 Å². The van der Waals surface area contributed by atoms with Crippen LogP contribution in [0.5, 0.6) is 0 Å². The van der Waals surface area contributed by atoms with Gasteiger partial charge in [-0.1, -0.05) is 107 Å². The number of carboxylic acid groups (broad SMARTS) is 1. The van der Waals surface area contributed by atoms with E-state index in [1.807, 2.05) is 27.2 Å². The molecule has 0 aliphatic heterocycles. The normalized spacial score (nSPS) is 13.7. The predicted octanol–water partition coefficient (Wildman–Crippen LogP) is 9.46. The lowest BCUT2D eigenvalue weighted by atomic mass is 10.1. The van der Waals surface area contributed by atoms with E-state index in [1.54, 1.807) is 0 Å². The Labute approximate surface area is 298 Å². The first-order valence-electron chi connectivity index (χ1n) is 18.8. The van der Waals surface area contributed by atoms with Crippen molar-refractivity contribution < 1.29 is 38.2 Å². The summed E-state index contributed by atoms with van der Waals surface area (Å²) in [5.41, 5.74) is 0. The highest BCUT2D eigenvalue weighted by Crippen LogP contribution is 2.10. The number of quaternary nitrogens is 1. The van der Waals surface area contributed by atoms with E-state index in [4.69, 9.17) is 14.2 Å². The first kappa shape index (κ1) is 46.0. The first-order valence-corrected chi connectivity index (χ1v) is 18.8. The number of unbranched alkanes of at least 4 members (excludes halogenated alkanes) is 8. The third-order valence-corrected chi connectivity index (χ3v) is 7.90. The third kappa shape index (κ3) is 30.8. The zero-order valence-corrected chi connectivity index (χ0v) is 31.6. The van der Waals surface area contributed by atoms with Crippen molar-refractivity contribution in [1.82, 2.24) is 0 Å². The Bertz CT molecular complexity index is 990. The van der Waals surface area contributed by atoms with E-state index in [0.717, 1.165) is 38.5 Å². The number of carbonyl (C=O) groups excluding carboxylic acids is 2. The molecule has 2 unspecified atom stereocenters. The number of likely N-dealkylation sites (N-methyl/N-ethyl adjacent to an activating group) is 1. The molecule has 0 bridgehead atoms. The zero-order valence-electron chi connectivity index (χ0n) is 31.6. The number of esters is 2. The second-order valence-corrected chi connectivity index (χ2v) is 13.5. The summed E-state index contributed by atoms with van der Waals surface area (Å²) in [4.78, 5) is 36.6. The molecule has 0 saturated carbocycles. The molecular weight excluding hydrogens is 618 g/mol. The molecule has 0 amide bonds. The van der Waals surface area contributed by atoms with Crippen LogP contribution in [-0.2, 0) is 28.6 Å². The molecule has 0 aliphatic rings. The number of nitrogens with zero attached hydrogens (tertiary/aromatic N) is 1. The van der Waals surface area contributed by atoms with Crippen LogP contribution in [0, 0.1) is 0 Å². The fraction of sp³-hybridized carbons (Fsp3) is 0.683. The molecular formula is C41H70NO7+. The van der Waals surface area contributed by atoms with E-state index >= 15 is 0 Å². The van der Waals surface area contributed by atoms with Crippen LogP contribution in [0.15, 0.2) is 60.8 Å². The van der Waals surface area contributed by atoms with Gasteiger partial charge in [0.1, 0.15) is 6.61 Å². The van der Waals surface area contributed by atoms with Crippen LogP contribution < -0.4 is 0 Å². The number of hydrogen-bond acceptors (Lipinski definition) is 6. The molecule has 1 N–H and O–H groups in total. The highest BCUT2D eigenvalue weighted by atomic mass is 16.6. The molecule has 2 atom stereocenters. The van der Waals surface area contributed by atoms with Crippen molar-refractivity contribution >= 4 is 17.9 Å². The Kier molecular flexibility index (Phi) is 30.3. The van der Waals surface area contributed by atoms with Crippen LogP contribution in [-0.4, -0.2) is 80.6 Å². The van der Waals surface area contributed by atoms with Gasteiger partial charge >= 0.3 is 17.9 Å². The van der Waals surface area contributed by atoms with Gasteiger partial charge in [-0.25, -0.2) is 4.79 Å². The van der Waals surface area contributed by atoms with Gasteiger partial charge in [-0.15, -0.1) is 0 Å². The van der Waals surface area contributed by atoms with Gasteiger partial charge in [0, 0.05) is 19.3 Å². The smallest absolute Gasteiger partial charge is 0.362 e. The Hall–Kier alpha value is -2.97. The standard InChI is InChI=1S/C41H69NO7/c1-6-8-10-12-14-16-17-18-19-20-21-22-23-24-26-27-29-31-39(43)48-36-37(35-47-34-33-38(41(45)46)42(3,4)5)49-40(44)32-30-28-25-15-13-11-9-7-2/h14,16,18-19,21-22,24-26,28,37-38H,6-13,15,17,20,23,27,29-36H2,1-5H3/p+1/b16-14+,19-18+,22-21+,26-24+,28-25+. The van der Waals surface area contributed by atoms with Crippen LogP contribution in [0.1, 0.15) is 129 Å². The lowest BCUT2D eigenvalue weighted by Gasteiger charge is -2.31. The van der Waals surface area contributed by atoms with E-state index in [9.17, 15) is 19.5 Å². The van der Waals surface area contributed by atoms with Gasteiger partial charge in [0.2, 0.25) is 0 Å². The molecule has 280 valence electrons. The maximum absolute atomic E-state index is 12.5. The van der Waals surface area contributed by atoms with E-state index in [-0.39, 0.29) is 49.1 Å². The van der Waals surface area contributed by atoms with E-state index in [1.165, 1.54) is 44.9 Å². The second kappa shape index (κ2) is 32.2. The van der Waals surface area contributed by atoms with Gasteiger partial charge in [0.15, 0.2) is 12.1 Å². The molecule has 0 aromatic heterocycles. The number of hydrogen-bond donors (Lipinski definition) is 1. The first-order chi connectivity index (χ1) is 23.6. The minimum absolute atomic E-state index is 0.0258. The monoisotopic (exact) mass is 689 g/mol. The number of carboxylic acids is 1. The molecule has 0 spiro atoms. The van der Waals surface area contributed by atoms with Gasteiger partial charge in [-0.05, 0) is 64.2 Å². The van der Waals surface area contributed by atoms with Crippen molar-refractivity contribution in [1.29, 1.82) is 0 Å². The van der Waals surface area contributed by atoms with Gasteiger partial charge in [-0.2, -0.15) is 0 Å². The Morgan fingerprint density at radius 3 is 1.69 bits per heavy atom. The maximum Gasteiger partial charge on any atom is 0.362 e. The van der Waals surface area contributed by atoms with Gasteiger partial charge in [0.25, 0.3) is 0 Å². The predicted molar refractivity (Wildman–Crippen MR) is 201 cm³/mol. The summed E-state index contributed by atoms with van der Waals surface area (Å²) >= 11 is 0. The summed E-state index contributed by atoms with van der Waals surface area (Å²) in [6.07, 6.45) is 37.2. The van der Waals surface area contributed by atoms with Crippen molar-refractivity contribution in [3.63, 3.8) is 0 Å². The number of aliphatic carboxylic acids is 1. The summed E-state index contributed by atoms with van der Waals surface area (Å²) in [6.45, 7) is 4.53. The molecule has 8 nitrogen and oxygen atoms in total. The van der Waals surface area contributed by atoms with Gasteiger partial charge in [0.05, 0.1) is 34.4 Å². The lowest BCUT2D eigenvalue weighted by molar-refractivity contribution is -0.887. The average Bonchev–Trinajstić information content (AvgIpc) is 3.05. The maximum atomic E-state index is 12.5. The Morgan fingerprint density at radius 1 is 0.612 bits per heavy atom. The molecule has 0 aliphatic carbocycles. The fourth-order valence-electron chi connectivity index (χ4n) is 4.92. The van der Waals surface area contributed by atoms with E-state index in [2.05, 4.69) is 68.5 Å². The summed E-state index contributed by atoms with van der Waals surface area (Å²) in [7, 11) is 5.47. The number of allylic oxidation sites excluding steroid dienone is 10. The number of carbonyl (C=O) groups is 3. The van der Waals surface area contributed by atoms with Crippen molar-refractivity contribution in [3.8, 4) is 0 Å². The molecule has 0 rings (SSSR count). The molecule has 49 heavy (non-hydrogen) atoms. The molecule has 0 aromatic rings. The van der Waals surface area contributed by atoms with Crippen molar-refractivity contribution in [2.24, 2.45) is 0 Å². The van der Waals surface area contributed by atoms with Crippen LogP contribution in [0.25, 0.3) is 0 Å². The van der Waals surface area contributed by atoms with E-state index in [0.29, 0.717) is 19.3 Å². The summed E-state index contributed by atoms with van der Waals surface area (Å²) < 4.78 is 17.0. The Balaban J connectivity index is 4.51. The van der Waals surface area contributed by atoms with Crippen molar-refractivity contribution in [3.05, 3.63) is 60.8 Å². The lowest BCUT2D eigenvalue weighted by Crippen LogP contribution is -2.50. The summed E-state index contributed by atoms with van der Waals surface area (Å²) in [5.74, 6) is -1.62. The van der Waals surface area contributed by atoms with Gasteiger partial charge in [-0.3, -0.25) is 9.59 Å². The SMILES string of the molecule is CCCCC/C=C/C/C=C/C/C=C/C/C=C/CCCC(=O)OCC(COCCC(C(=O)O)[N+](C)(C)C)OC(=O)CC/C=C/CCCCCC. The largest absolute Gasteiger partial charge is 0.477 e. The molecule has 0 radical (unpaired) electrons. The van der Waals surface area contributed by atoms with Crippen LogP contribution >= 0.6 is 0 Å². The van der Waals surface area contributed by atoms with Crippen molar-refractivity contribution in [2.45, 2.75) is 142 Å². The molecule has 8 heteroatoms. The number of ether oxygens (including phenoxy) is 3. The molecule has 0 fully saturated rings. The van der Waals surface area contributed by atoms with E-state index < -0.39 is 18.1 Å². The summed E-state index contributed by atoms with van der Waals surface area (Å²) in [6, 6.07) is -0.628. The summed E-state index contributed by atoms with van der Waals surface area (Å²) in [5, 5.41) is 9.56. The molecule has 0 saturated heterocycles. The van der Waals surface area contributed by atoms with Crippen LogP contribution in [0.3, 0.4) is 0 Å². The average molecular weight is 689 g/mol. The highest BCUT2D eigenvalue weighted by molar-refractivity contribution is 5.72. The molecule has 0 heterocycles. The second-order valence-electron chi connectivity index (χ2n) is 13.5. The topological polar surface area (TPSA) is 99.1 Å². The Morgan fingerprint density at radius 2 is 1.12 bits per heavy atom. The minimum Gasteiger partial charge on any atom is -0.477 e. The zero-order chi connectivity index (χ0) is 36.4. The van der Waals surface area contributed by atoms with Gasteiger partial charge < -0.3 is 23.8 Å². The molecule has 0 aromatic carbocycles. The number of rotatable bonds is 32. The third-order valence-electron chi connectivity index (χ3n) is 7.90. The van der Waals surface area contributed by atoms with Crippen molar-refractivity contribution in [2.75, 3.05) is 41.0 Å².